The van der Waals surface area contributed by atoms with E-state index in [2.05, 4.69) is 13.5 Å². The molecule has 0 aliphatic rings. The molecule has 0 atom stereocenters. The lowest BCUT2D eigenvalue weighted by atomic mass is 10.2. The minimum absolute atomic E-state index is 0.368. The van der Waals surface area contributed by atoms with Gasteiger partial charge in [-0.3, -0.25) is 0 Å². The Morgan fingerprint density at radius 3 is 2.17 bits per heavy atom. The third kappa shape index (κ3) is 4.56. The van der Waals surface area contributed by atoms with Crippen molar-refractivity contribution in [2.75, 3.05) is 0 Å². The van der Waals surface area contributed by atoms with Crippen LogP contribution in [0.2, 0.25) is 0 Å². The van der Waals surface area contributed by atoms with E-state index in [1.807, 2.05) is 31.2 Å². The molecule has 0 spiro atoms. The van der Waals surface area contributed by atoms with E-state index >= 15 is 0 Å². The van der Waals surface area contributed by atoms with Gasteiger partial charge in [-0.1, -0.05) is 31.2 Å². The van der Waals surface area contributed by atoms with E-state index in [1.54, 1.807) is 6.07 Å². The molecule has 0 heterocycles. The fraction of sp³-hybridized carbons (Fsp3) is 0.273. The highest BCUT2D eigenvalue weighted by Crippen LogP contribution is 2.12. The Labute approximate surface area is 74.4 Å². The van der Waals surface area contributed by atoms with E-state index in [0.29, 0.717) is 5.75 Å². The summed E-state index contributed by atoms with van der Waals surface area (Å²) in [6.07, 6.45) is 2.96. The molecule has 0 unspecified atom stereocenters. The summed E-state index contributed by atoms with van der Waals surface area (Å²) in [5, 5.41) is 8.92. The van der Waals surface area contributed by atoms with E-state index in [1.165, 1.54) is 0 Å². The molecule has 0 saturated carbocycles. The predicted molar refractivity (Wildman–Crippen MR) is 53.3 cm³/mol. The summed E-state index contributed by atoms with van der Waals surface area (Å²) in [5.74, 6) is 0.368. The van der Waals surface area contributed by atoms with Crippen molar-refractivity contribution >= 4 is 0 Å². The quantitative estimate of drug-likeness (QED) is 0.631. The molecule has 0 fully saturated rings. The first-order valence-corrected chi connectivity index (χ1v) is 4.07. The predicted octanol–water partition coefficient (Wildman–Crippen LogP) is 3.28. The number of rotatable bonds is 1. The van der Waals surface area contributed by atoms with Gasteiger partial charge in [0.05, 0.1) is 0 Å². The third-order valence-electron chi connectivity index (χ3n) is 1.40. The van der Waals surface area contributed by atoms with Crippen LogP contribution in [0.5, 0.6) is 5.75 Å². The molecule has 0 saturated heterocycles. The van der Waals surface area contributed by atoms with Crippen molar-refractivity contribution in [1.29, 1.82) is 0 Å². The second-order valence-corrected chi connectivity index (χ2v) is 2.48. The van der Waals surface area contributed by atoms with Crippen LogP contribution in [0, 0.1) is 6.92 Å². The van der Waals surface area contributed by atoms with Crippen molar-refractivity contribution in [3.8, 4) is 5.75 Å². The lowest BCUT2D eigenvalue weighted by Crippen LogP contribution is -1.68. The average molecular weight is 164 g/mol. The molecular weight excluding hydrogens is 148 g/mol. The summed E-state index contributed by atoms with van der Waals surface area (Å²) in [7, 11) is 0. The van der Waals surface area contributed by atoms with E-state index in [9.17, 15) is 0 Å². The van der Waals surface area contributed by atoms with Crippen LogP contribution in [-0.4, -0.2) is 5.11 Å². The SMILES string of the molecule is C=CCC.Cc1ccccc1O. The first kappa shape index (κ1) is 10.8. The Kier molecular flexibility index (Phi) is 5.80. The Balaban J connectivity index is 0.000000261. The fourth-order valence-electron chi connectivity index (χ4n) is 0.563. The zero-order chi connectivity index (χ0) is 9.40. The number of hydrogen-bond donors (Lipinski definition) is 1. The summed E-state index contributed by atoms with van der Waals surface area (Å²) in [6, 6.07) is 7.25. The fourth-order valence-corrected chi connectivity index (χ4v) is 0.563. The van der Waals surface area contributed by atoms with E-state index in [-0.39, 0.29) is 0 Å². The van der Waals surface area contributed by atoms with Gasteiger partial charge < -0.3 is 5.11 Å². The molecule has 66 valence electrons. The van der Waals surface area contributed by atoms with Crippen molar-refractivity contribution in [3.05, 3.63) is 42.5 Å². The zero-order valence-electron chi connectivity index (χ0n) is 7.75. The van der Waals surface area contributed by atoms with Gasteiger partial charge in [-0.05, 0) is 25.0 Å². The van der Waals surface area contributed by atoms with Crippen LogP contribution in [0.1, 0.15) is 18.9 Å². The van der Waals surface area contributed by atoms with Gasteiger partial charge in [0.2, 0.25) is 0 Å². The molecule has 0 amide bonds. The third-order valence-corrected chi connectivity index (χ3v) is 1.40. The average Bonchev–Trinajstić information content (AvgIpc) is 2.11. The molecule has 1 N–H and O–H groups in total. The van der Waals surface area contributed by atoms with Crippen LogP contribution in [0.15, 0.2) is 36.9 Å². The standard InChI is InChI=1S/C7H8O.C4H8/c1-6-4-2-3-5-7(6)8;1-3-4-2/h2-5,8H,1H3;3H,1,4H2,2H3. The smallest absolute Gasteiger partial charge is 0.118 e. The van der Waals surface area contributed by atoms with Crippen molar-refractivity contribution in [2.45, 2.75) is 20.3 Å². The molecule has 1 aromatic rings. The van der Waals surface area contributed by atoms with Crippen LogP contribution in [0.3, 0.4) is 0 Å². The molecule has 1 rings (SSSR count). The number of para-hydroxylation sites is 1. The molecule has 0 radical (unpaired) electrons. The Morgan fingerprint density at radius 1 is 1.42 bits per heavy atom. The van der Waals surface area contributed by atoms with Crippen LogP contribution in [0.4, 0.5) is 0 Å². The second-order valence-electron chi connectivity index (χ2n) is 2.48. The molecule has 0 aliphatic heterocycles. The molecule has 12 heavy (non-hydrogen) atoms. The lowest BCUT2D eigenvalue weighted by molar-refractivity contribution is 0.471. The maximum absolute atomic E-state index is 8.92. The van der Waals surface area contributed by atoms with Crippen molar-refractivity contribution in [1.82, 2.24) is 0 Å². The minimum atomic E-state index is 0.368. The first-order chi connectivity index (χ1) is 5.72. The summed E-state index contributed by atoms with van der Waals surface area (Å²) in [4.78, 5) is 0. The van der Waals surface area contributed by atoms with E-state index < -0.39 is 0 Å². The number of aryl methyl sites for hydroxylation is 1. The largest absolute Gasteiger partial charge is 0.508 e. The highest BCUT2D eigenvalue weighted by atomic mass is 16.3. The van der Waals surface area contributed by atoms with Crippen molar-refractivity contribution in [3.63, 3.8) is 0 Å². The van der Waals surface area contributed by atoms with Crippen LogP contribution < -0.4 is 0 Å². The first-order valence-electron chi connectivity index (χ1n) is 4.07. The molecule has 1 heteroatoms. The molecule has 0 aromatic heterocycles. The van der Waals surface area contributed by atoms with Gasteiger partial charge in [0.25, 0.3) is 0 Å². The lowest BCUT2D eigenvalue weighted by Gasteiger charge is -1.92. The Bertz CT molecular complexity index is 207. The van der Waals surface area contributed by atoms with E-state index in [4.69, 9.17) is 5.11 Å². The summed E-state index contributed by atoms with van der Waals surface area (Å²) < 4.78 is 0. The highest BCUT2D eigenvalue weighted by molar-refractivity contribution is 5.29. The zero-order valence-corrected chi connectivity index (χ0v) is 7.75. The minimum Gasteiger partial charge on any atom is -0.508 e. The summed E-state index contributed by atoms with van der Waals surface area (Å²) in [6.45, 7) is 7.41. The summed E-state index contributed by atoms with van der Waals surface area (Å²) in [5.41, 5.74) is 0.924. The van der Waals surface area contributed by atoms with Gasteiger partial charge in [-0.15, -0.1) is 6.58 Å². The second kappa shape index (κ2) is 6.47. The number of hydrogen-bond acceptors (Lipinski definition) is 1. The van der Waals surface area contributed by atoms with Crippen LogP contribution in [-0.2, 0) is 0 Å². The number of phenols is 1. The van der Waals surface area contributed by atoms with Gasteiger partial charge in [-0.25, -0.2) is 0 Å². The molecule has 1 aromatic carbocycles. The molecule has 0 aliphatic carbocycles. The molecular formula is C11H16O. The highest BCUT2D eigenvalue weighted by Gasteiger charge is 1.86. The van der Waals surface area contributed by atoms with Crippen LogP contribution >= 0.6 is 0 Å². The van der Waals surface area contributed by atoms with Gasteiger partial charge in [-0.2, -0.15) is 0 Å². The van der Waals surface area contributed by atoms with E-state index in [0.717, 1.165) is 12.0 Å². The number of allylic oxidation sites excluding steroid dienone is 1. The Hall–Kier alpha value is -1.24. The number of aromatic hydroxyl groups is 1. The van der Waals surface area contributed by atoms with Crippen LogP contribution in [0.25, 0.3) is 0 Å². The maximum atomic E-state index is 8.92. The number of benzene rings is 1. The summed E-state index contributed by atoms with van der Waals surface area (Å²) >= 11 is 0. The topological polar surface area (TPSA) is 20.2 Å². The monoisotopic (exact) mass is 164 g/mol. The van der Waals surface area contributed by atoms with Crippen molar-refractivity contribution in [2.24, 2.45) is 0 Å². The molecule has 1 nitrogen and oxygen atoms in total. The molecule has 0 bridgehead atoms. The van der Waals surface area contributed by atoms with Gasteiger partial charge >= 0.3 is 0 Å². The maximum Gasteiger partial charge on any atom is 0.118 e. The Morgan fingerprint density at radius 2 is 1.92 bits per heavy atom. The van der Waals surface area contributed by atoms with Crippen molar-refractivity contribution < 1.29 is 5.11 Å². The van der Waals surface area contributed by atoms with Gasteiger partial charge in [0.15, 0.2) is 0 Å². The normalized spacial score (nSPS) is 8.17. The van der Waals surface area contributed by atoms with Gasteiger partial charge in [0.1, 0.15) is 5.75 Å². The van der Waals surface area contributed by atoms with Gasteiger partial charge in [0, 0.05) is 0 Å². The number of phenolic OH excluding ortho intramolecular Hbond substituents is 1.